The lowest BCUT2D eigenvalue weighted by Crippen LogP contribution is -2.53. The van der Waals surface area contributed by atoms with E-state index in [-0.39, 0.29) is 16.4 Å². The van der Waals surface area contributed by atoms with Crippen molar-refractivity contribution < 1.29 is 9.59 Å². The standard InChI is InChI=1S/C10H14ClN5O2/c1-10(2,9(12)18)15-8(17)5-3-6(11)7(16-13)14-4-5/h3-4H,13H2,1-2H3,(H2,12,18)(H,14,16)(H,15,17). The predicted molar refractivity (Wildman–Crippen MR) is 67.8 cm³/mol. The van der Waals surface area contributed by atoms with Crippen molar-refractivity contribution in [2.24, 2.45) is 11.6 Å². The number of rotatable bonds is 4. The number of carbonyl (C=O) groups is 2. The summed E-state index contributed by atoms with van der Waals surface area (Å²) in [5, 5.41) is 2.67. The van der Waals surface area contributed by atoms with E-state index in [9.17, 15) is 9.59 Å². The second-order valence-corrected chi connectivity index (χ2v) is 4.55. The molecule has 0 saturated heterocycles. The molecule has 7 nitrogen and oxygen atoms in total. The summed E-state index contributed by atoms with van der Waals surface area (Å²) >= 11 is 5.83. The first kappa shape index (κ1) is 14.2. The number of hydrogen-bond acceptors (Lipinski definition) is 5. The normalized spacial score (nSPS) is 10.9. The number of amides is 2. The first-order chi connectivity index (χ1) is 8.27. The molecule has 0 fully saturated rings. The zero-order chi connectivity index (χ0) is 13.9. The minimum absolute atomic E-state index is 0.196. The van der Waals surface area contributed by atoms with Gasteiger partial charge in [-0.1, -0.05) is 11.6 Å². The van der Waals surface area contributed by atoms with Gasteiger partial charge in [-0.05, 0) is 19.9 Å². The third kappa shape index (κ3) is 3.08. The van der Waals surface area contributed by atoms with Gasteiger partial charge in [0, 0.05) is 6.20 Å². The largest absolute Gasteiger partial charge is 0.368 e. The van der Waals surface area contributed by atoms with Crippen molar-refractivity contribution in [1.29, 1.82) is 0 Å². The molecule has 0 atom stereocenters. The van der Waals surface area contributed by atoms with Crippen LogP contribution in [0.5, 0.6) is 0 Å². The van der Waals surface area contributed by atoms with Crippen LogP contribution in [-0.4, -0.2) is 22.3 Å². The molecule has 1 rings (SSSR count). The minimum atomic E-state index is -1.16. The topological polar surface area (TPSA) is 123 Å². The van der Waals surface area contributed by atoms with Gasteiger partial charge in [-0.3, -0.25) is 9.59 Å². The Hall–Kier alpha value is -1.86. The number of hydrogen-bond donors (Lipinski definition) is 4. The number of primary amides is 1. The number of halogens is 1. The molecule has 6 N–H and O–H groups in total. The Balaban J connectivity index is 2.92. The lowest BCUT2D eigenvalue weighted by Gasteiger charge is -2.22. The molecule has 1 aromatic rings. The number of pyridine rings is 1. The monoisotopic (exact) mass is 271 g/mol. The van der Waals surface area contributed by atoms with E-state index in [1.807, 2.05) is 0 Å². The van der Waals surface area contributed by atoms with Crippen molar-refractivity contribution in [1.82, 2.24) is 10.3 Å². The number of nitrogens with one attached hydrogen (secondary N) is 2. The molecule has 0 spiro atoms. The van der Waals surface area contributed by atoms with Gasteiger partial charge in [0.2, 0.25) is 5.91 Å². The second-order valence-electron chi connectivity index (χ2n) is 4.14. The summed E-state index contributed by atoms with van der Waals surface area (Å²) in [5.74, 6) is 4.27. The highest BCUT2D eigenvalue weighted by atomic mass is 35.5. The number of anilines is 1. The fraction of sp³-hybridized carbons (Fsp3) is 0.300. The van der Waals surface area contributed by atoms with Gasteiger partial charge in [-0.2, -0.15) is 0 Å². The average Bonchev–Trinajstić information content (AvgIpc) is 2.28. The average molecular weight is 272 g/mol. The first-order valence-electron chi connectivity index (χ1n) is 5.02. The quantitative estimate of drug-likeness (QED) is 0.454. The molecule has 1 aromatic heterocycles. The van der Waals surface area contributed by atoms with E-state index in [2.05, 4.69) is 15.7 Å². The maximum atomic E-state index is 11.8. The molecule has 0 bridgehead atoms. The molecule has 18 heavy (non-hydrogen) atoms. The molecule has 0 aliphatic heterocycles. The molecule has 0 saturated carbocycles. The summed E-state index contributed by atoms with van der Waals surface area (Å²) in [4.78, 5) is 26.8. The maximum absolute atomic E-state index is 11.8. The van der Waals surface area contributed by atoms with Gasteiger partial charge in [0.15, 0.2) is 5.82 Å². The Morgan fingerprint density at radius 1 is 1.44 bits per heavy atom. The van der Waals surface area contributed by atoms with Crippen LogP contribution >= 0.6 is 11.6 Å². The van der Waals surface area contributed by atoms with E-state index >= 15 is 0 Å². The number of carbonyl (C=O) groups excluding carboxylic acids is 2. The number of hydrazine groups is 1. The first-order valence-corrected chi connectivity index (χ1v) is 5.40. The van der Waals surface area contributed by atoms with E-state index in [1.165, 1.54) is 26.1 Å². The summed E-state index contributed by atoms with van der Waals surface area (Å²) in [7, 11) is 0. The molecule has 0 radical (unpaired) electrons. The Kier molecular flexibility index (Phi) is 4.10. The highest BCUT2D eigenvalue weighted by Gasteiger charge is 2.27. The van der Waals surface area contributed by atoms with Crippen molar-refractivity contribution in [2.75, 3.05) is 5.43 Å². The van der Waals surface area contributed by atoms with Crippen LogP contribution in [-0.2, 0) is 4.79 Å². The van der Waals surface area contributed by atoms with Crippen molar-refractivity contribution in [2.45, 2.75) is 19.4 Å². The fourth-order valence-electron chi connectivity index (χ4n) is 1.09. The van der Waals surface area contributed by atoms with Crippen LogP contribution in [0.4, 0.5) is 5.82 Å². The molecule has 0 unspecified atom stereocenters. The second kappa shape index (κ2) is 5.19. The molecule has 1 heterocycles. The molecular formula is C10H14ClN5O2. The van der Waals surface area contributed by atoms with Crippen LogP contribution in [0.2, 0.25) is 5.02 Å². The van der Waals surface area contributed by atoms with Crippen molar-refractivity contribution in [3.63, 3.8) is 0 Å². The van der Waals surface area contributed by atoms with Gasteiger partial charge in [-0.25, -0.2) is 10.8 Å². The van der Waals surface area contributed by atoms with Gasteiger partial charge in [0.1, 0.15) is 5.54 Å². The number of nitrogen functional groups attached to an aromatic ring is 1. The van der Waals surface area contributed by atoms with Crippen LogP contribution in [0.1, 0.15) is 24.2 Å². The van der Waals surface area contributed by atoms with E-state index in [0.29, 0.717) is 0 Å². The lowest BCUT2D eigenvalue weighted by molar-refractivity contribution is -0.122. The third-order valence-corrected chi connectivity index (χ3v) is 2.57. The predicted octanol–water partition coefficient (Wildman–Crippen LogP) is 0.0143. The lowest BCUT2D eigenvalue weighted by atomic mass is 10.0. The van der Waals surface area contributed by atoms with E-state index < -0.39 is 17.4 Å². The zero-order valence-corrected chi connectivity index (χ0v) is 10.7. The van der Waals surface area contributed by atoms with Crippen LogP contribution in [0.15, 0.2) is 12.3 Å². The summed E-state index contributed by atoms with van der Waals surface area (Å²) in [6, 6.07) is 1.39. The number of nitrogens with zero attached hydrogens (tertiary/aromatic N) is 1. The smallest absolute Gasteiger partial charge is 0.253 e. The highest BCUT2D eigenvalue weighted by molar-refractivity contribution is 6.33. The number of nitrogens with two attached hydrogens (primary N) is 2. The van der Waals surface area contributed by atoms with Gasteiger partial charge in [0.05, 0.1) is 10.6 Å². The van der Waals surface area contributed by atoms with Gasteiger partial charge < -0.3 is 16.5 Å². The Bertz CT molecular complexity index is 489. The van der Waals surface area contributed by atoms with E-state index in [4.69, 9.17) is 23.2 Å². The molecule has 0 aliphatic carbocycles. The van der Waals surface area contributed by atoms with Crippen LogP contribution in [0.25, 0.3) is 0 Å². The molecule has 98 valence electrons. The van der Waals surface area contributed by atoms with E-state index in [1.54, 1.807) is 0 Å². The van der Waals surface area contributed by atoms with Crippen LogP contribution in [0.3, 0.4) is 0 Å². The molecule has 0 aliphatic rings. The molecule has 0 aromatic carbocycles. The van der Waals surface area contributed by atoms with Gasteiger partial charge in [0.25, 0.3) is 5.91 Å². The zero-order valence-electron chi connectivity index (χ0n) is 9.95. The summed E-state index contributed by atoms with van der Waals surface area (Å²) in [6.07, 6.45) is 1.29. The Morgan fingerprint density at radius 3 is 2.50 bits per heavy atom. The SMILES string of the molecule is CC(C)(NC(=O)c1cnc(NN)c(Cl)c1)C(N)=O. The summed E-state index contributed by atoms with van der Waals surface area (Å²) < 4.78 is 0. The third-order valence-electron chi connectivity index (χ3n) is 2.28. The van der Waals surface area contributed by atoms with Crippen molar-refractivity contribution in [3.05, 3.63) is 22.8 Å². The minimum Gasteiger partial charge on any atom is -0.368 e. The van der Waals surface area contributed by atoms with Crippen molar-refractivity contribution >= 4 is 29.2 Å². The maximum Gasteiger partial charge on any atom is 0.253 e. The molecule has 2 amide bonds. The van der Waals surface area contributed by atoms with Gasteiger partial charge >= 0.3 is 0 Å². The number of aromatic nitrogens is 1. The highest BCUT2D eigenvalue weighted by Crippen LogP contribution is 2.19. The molecular weight excluding hydrogens is 258 g/mol. The molecule has 8 heteroatoms. The Morgan fingerprint density at radius 2 is 2.06 bits per heavy atom. The Labute approximate surface area is 109 Å². The van der Waals surface area contributed by atoms with E-state index in [0.717, 1.165) is 0 Å². The summed E-state index contributed by atoms with van der Waals surface area (Å²) in [6.45, 7) is 3.00. The fourth-order valence-corrected chi connectivity index (χ4v) is 1.31. The van der Waals surface area contributed by atoms with Gasteiger partial charge in [-0.15, -0.1) is 0 Å². The van der Waals surface area contributed by atoms with Crippen LogP contribution < -0.4 is 22.3 Å². The van der Waals surface area contributed by atoms with Crippen molar-refractivity contribution in [3.8, 4) is 0 Å². The summed E-state index contributed by atoms with van der Waals surface area (Å²) in [5.41, 5.74) is 6.47. The van der Waals surface area contributed by atoms with Crippen LogP contribution in [0, 0.1) is 0 Å².